The maximum Gasteiger partial charge on any atom is 0.0356 e. The summed E-state index contributed by atoms with van der Waals surface area (Å²) in [7, 11) is 0. The molecule has 0 saturated heterocycles. The molecule has 0 nitrogen and oxygen atoms in total. The second-order valence-electron chi connectivity index (χ2n) is 16.6. The standard InChI is InChI=1S/C45H30.C12H6.C11H9Br/c1-31-16-22-37-10-4-7-13-43(37)40(31)25-19-34-28-35(20-26-41-32(2)17-23-38-11-5-8-14-44(38)41)30-36(29-34)21-27-42-33(3)18-24-39-12-6-9-15-45(39)42;1-4-10-7-11(5-2)9-12(6-3)8-10;1-8-6-7-9-4-2-3-5-10(9)11(8)12/h4-18,22-24,28-30H,1-3H3;1-3,7-9H;2-7H,1H3. The molecule has 324 valence electrons. The fourth-order valence-corrected chi connectivity index (χ4v) is 8.60. The van der Waals surface area contributed by atoms with E-state index in [9.17, 15) is 0 Å². The molecule has 0 N–H and O–H groups in total. The van der Waals surface area contributed by atoms with E-state index in [4.69, 9.17) is 19.3 Å². The third-order valence-electron chi connectivity index (χ3n) is 11.8. The van der Waals surface area contributed by atoms with Gasteiger partial charge in [-0.05, 0) is 145 Å². The van der Waals surface area contributed by atoms with Crippen LogP contribution in [0.3, 0.4) is 0 Å². The Morgan fingerprint density at radius 3 is 0.870 bits per heavy atom. The number of terminal acetylenes is 3. The SMILES string of the molecule is C#Cc1cc(C#C)cc(C#C)c1.Cc1ccc2ccccc2c1Br.Cc1ccc2ccccc2c1C#Cc1cc(C#Cc2c(C)ccc3ccccc23)cc(C#Cc2c(C)ccc3ccccc23)c1. The van der Waals surface area contributed by atoms with E-state index < -0.39 is 0 Å². The number of benzene rings is 10. The first kappa shape index (κ1) is 46.6. The van der Waals surface area contributed by atoms with Crippen molar-refractivity contribution in [2.45, 2.75) is 27.7 Å². The molecule has 69 heavy (non-hydrogen) atoms. The largest absolute Gasteiger partial charge is 0.115 e. The van der Waals surface area contributed by atoms with E-state index in [-0.39, 0.29) is 0 Å². The summed E-state index contributed by atoms with van der Waals surface area (Å²) < 4.78 is 1.21. The molecule has 0 saturated carbocycles. The van der Waals surface area contributed by atoms with Crippen molar-refractivity contribution in [2.75, 3.05) is 0 Å². The minimum atomic E-state index is 0.721. The summed E-state index contributed by atoms with van der Waals surface area (Å²) in [5.41, 5.74) is 12.8. The van der Waals surface area contributed by atoms with Crippen LogP contribution in [-0.2, 0) is 0 Å². The molecule has 10 rings (SSSR count). The van der Waals surface area contributed by atoms with Crippen LogP contribution >= 0.6 is 15.9 Å². The van der Waals surface area contributed by atoms with Crippen LogP contribution in [0.1, 0.15) is 72.3 Å². The Balaban J connectivity index is 0.000000216. The Kier molecular flexibility index (Phi) is 14.6. The second kappa shape index (κ2) is 21.6. The van der Waals surface area contributed by atoms with Crippen molar-refractivity contribution >= 4 is 59.0 Å². The minimum absolute atomic E-state index is 0.721. The minimum Gasteiger partial charge on any atom is -0.115 e. The smallest absolute Gasteiger partial charge is 0.0356 e. The van der Waals surface area contributed by atoms with Gasteiger partial charge in [0, 0.05) is 54.5 Å². The first-order chi connectivity index (χ1) is 33.6. The van der Waals surface area contributed by atoms with Gasteiger partial charge in [-0.3, -0.25) is 0 Å². The van der Waals surface area contributed by atoms with E-state index in [1.54, 1.807) is 18.2 Å². The first-order valence-electron chi connectivity index (χ1n) is 22.5. The van der Waals surface area contributed by atoms with Gasteiger partial charge in [0.2, 0.25) is 0 Å². The zero-order valence-corrected chi connectivity index (χ0v) is 40.5. The first-order valence-corrected chi connectivity index (χ1v) is 23.3. The third-order valence-corrected chi connectivity index (χ3v) is 12.9. The van der Waals surface area contributed by atoms with Crippen molar-refractivity contribution in [2.24, 2.45) is 0 Å². The van der Waals surface area contributed by atoms with E-state index in [0.717, 1.165) is 66.8 Å². The zero-order chi connectivity index (χ0) is 48.3. The van der Waals surface area contributed by atoms with Gasteiger partial charge < -0.3 is 0 Å². The predicted octanol–water partition coefficient (Wildman–Crippen LogP) is 15.8. The van der Waals surface area contributed by atoms with Crippen LogP contribution in [-0.4, -0.2) is 0 Å². The summed E-state index contributed by atoms with van der Waals surface area (Å²) in [6.45, 7) is 8.47. The molecule has 0 aromatic heterocycles. The quantitative estimate of drug-likeness (QED) is 0.133. The lowest BCUT2D eigenvalue weighted by molar-refractivity contribution is 1.46. The molecule has 0 aliphatic rings. The highest BCUT2D eigenvalue weighted by Crippen LogP contribution is 2.27. The van der Waals surface area contributed by atoms with Crippen molar-refractivity contribution in [1.29, 1.82) is 0 Å². The Morgan fingerprint density at radius 2 is 0.551 bits per heavy atom. The molecule has 1 heteroatoms. The molecule has 0 amide bonds. The van der Waals surface area contributed by atoms with Gasteiger partial charge in [0.05, 0.1) is 0 Å². The number of fused-ring (bicyclic) bond motifs is 4. The van der Waals surface area contributed by atoms with Crippen molar-refractivity contribution in [3.63, 3.8) is 0 Å². The number of halogens is 1. The number of aryl methyl sites for hydroxylation is 4. The highest BCUT2D eigenvalue weighted by Gasteiger charge is 2.06. The Labute approximate surface area is 415 Å². The molecule has 0 heterocycles. The van der Waals surface area contributed by atoms with Crippen LogP contribution in [0, 0.1) is 100 Å². The Bertz CT molecular complexity index is 3580. The zero-order valence-electron chi connectivity index (χ0n) is 38.9. The van der Waals surface area contributed by atoms with Crippen LogP contribution in [0.2, 0.25) is 0 Å². The van der Waals surface area contributed by atoms with E-state index in [2.05, 4.69) is 261 Å². The molecule has 0 radical (unpaired) electrons. The average Bonchev–Trinajstić information content (AvgIpc) is 3.39. The van der Waals surface area contributed by atoms with E-state index >= 15 is 0 Å². The summed E-state index contributed by atoms with van der Waals surface area (Å²) in [6, 6.07) is 62.3. The lowest BCUT2D eigenvalue weighted by Crippen LogP contribution is -1.89. The van der Waals surface area contributed by atoms with Crippen LogP contribution < -0.4 is 0 Å². The molecule has 0 bridgehead atoms. The summed E-state index contributed by atoms with van der Waals surface area (Å²) >= 11 is 3.58. The fraction of sp³-hybridized carbons (Fsp3) is 0.0588. The van der Waals surface area contributed by atoms with Gasteiger partial charge in [0.25, 0.3) is 0 Å². The molecule has 0 fully saturated rings. The Morgan fingerprint density at radius 1 is 0.290 bits per heavy atom. The maximum absolute atomic E-state index is 5.21. The van der Waals surface area contributed by atoms with Crippen molar-refractivity contribution in [1.82, 2.24) is 0 Å². The van der Waals surface area contributed by atoms with Gasteiger partial charge in [-0.15, -0.1) is 19.3 Å². The van der Waals surface area contributed by atoms with Crippen molar-refractivity contribution in [3.05, 3.63) is 259 Å². The van der Waals surface area contributed by atoms with Crippen LogP contribution in [0.5, 0.6) is 0 Å². The molecule has 0 aliphatic heterocycles. The van der Waals surface area contributed by atoms with E-state index in [1.165, 1.54) is 53.1 Å². The van der Waals surface area contributed by atoms with Gasteiger partial charge in [0.1, 0.15) is 0 Å². The van der Waals surface area contributed by atoms with Gasteiger partial charge in [-0.2, -0.15) is 0 Å². The average molecular weight is 942 g/mol. The van der Waals surface area contributed by atoms with Gasteiger partial charge >= 0.3 is 0 Å². The second-order valence-corrected chi connectivity index (χ2v) is 17.4. The highest BCUT2D eigenvalue weighted by atomic mass is 79.9. The van der Waals surface area contributed by atoms with E-state index in [1.807, 2.05) is 0 Å². The lowest BCUT2D eigenvalue weighted by Gasteiger charge is -2.05. The monoisotopic (exact) mass is 940 g/mol. The number of hydrogen-bond donors (Lipinski definition) is 0. The van der Waals surface area contributed by atoms with Gasteiger partial charge in [-0.1, -0.05) is 199 Å². The highest BCUT2D eigenvalue weighted by molar-refractivity contribution is 9.10. The van der Waals surface area contributed by atoms with Gasteiger partial charge in [0.15, 0.2) is 0 Å². The molecule has 0 atom stereocenters. The van der Waals surface area contributed by atoms with Gasteiger partial charge in [-0.25, -0.2) is 0 Å². The summed E-state index contributed by atoms with van der Waals surface area (Å²) in [4.78, 5) is 0. The molecular formula is C68H45Br. The third kappa shape index (κ3) is 11.0. The maximum atomic E-state index is 5.21. The molecule has 10 aromatic rings. The molecule has 0 spiro atoms. The molecule has 10 aromatic carbocycles. The topological polar surface area (TPSA) is 0 Å². The molecule has 0 unspecified atom stereocenters. The van der Waals surface area contributed by atoms with Crippen molar-refractivity contribution in [3.8, 4) is 72.6 Å². The summed E-state index contributed by atoms with van der Waals surface area (Å²) in [5, 5.41) is 9.64. The van der Waals surface area contributed by atoms with E-state index in [0.29, 0.717) is 0 Å². The normalized spacial score (nSPS) is 10.0. The predicted molar refractivity (Wildman–Crippen MR) is 297 cm³/mol. The molecule has 0 aliphatic carbocycles. The fourth-order valence-electron chi connectivity index (χ4n) is 8.11. The van der Waals surface area contributed by atoms with Crippen LogP contribution in [0.15, 0.2) is 186 Å². The molecular weight excluding hydrogens is 897 g/mol. The number of rotatable bonds is 0. The summed E-state index contributed by atoms with van der Waals surface area (Å²) in [6.07, 6.45) is 15.6. The number of hydrogen-bond acceptors (Lipinski definition) is 0. The van der Waals surface area contributed by atoms with Crippen molar-refractivity contribution < 1.29 is 0 Å². The summed E-state index contributed by atoms with van der Waals surface area (Å²) in [5.74, 6) is 28.3. The van der Waals surface area contributed by atoms with Crippen LogP contribution in [0.25, 0.3) is 43.1 Å². The Hall–Kier alpha value is -8.92. The lowest BCUT2D eigenvalue weighted by atomic mass is 9.98. The van der Waals surface area contributed by atoms with Crippen LogP contribution in [0.4, 0.5) is 0 Å².